The first kappa shape index (κ1) is 13.2. The van der Waals surface area contributed by atoms with Crippen LogP contribution in [0, 0.1) is 0 Å². The molecule has 1 atom stereocenters. The molecular weight excluding hydrogens is 204 g/mol. The molecule has 0 aromatic carbocycles. The largest absolute Gasteiger partial charge is 0.390 e. The Balaban J connectivity index is 2.19. The smallest absolute Gasteiger partial charge is 0.0791 e. The summed E-state index contributed by atoms with van der Waals surface area (Å²) in [4.78, 5) is 1.97. The Morgan fingerprint density at radius 3 is 2.88 bits per heavy atom. The summed E-state index contributed by atoms with van der Waals surface area (Å²) >= 11 is 0. The van der Waals surface area contributed by atoms with Crippen LogP contribution in [0.4, 0.5) is 0 Å². The molecule has 0 saturated carbocycles. The van der Waals surface area contributed by atoms with Crippen molar-refractivity contribution in [2.75, 3.05) is 27.2 Å². The van der Waals surface area contributed by atoms with Gasteiger partial charge < -0.3 is 15.3 Å². The highest BCUT2D eigenvalue weighted by molar-refractivity contribution is 5.03. The maximum Gasteiger partial charge on any atom is 0.0791 e. The summed E-state index contributed by atoms with van der Waals surface area (Å²) in [5.74, 6) is 0. The SMILES string of the molecule is CCn1cc(CNCC(O)CN(C)C)cn1. The molecule has 16 heavy (non-hydrogen) atoms. The minimum Gasteiger partial charge on any atom is -0.390 e. The number of hydrogen-bond acceptors (Lipinski definition) is 4. The third kappa shape index (κ3) is 4.74. The van der Waals surface area contributed by atoms with Crippen molar-refractivity contribution in [3.05, 3.63) is 18.0 Å². The van der Waals surface area contributed by atoms with Gasteiger partial charge in [0.1, 0.15) is 0 Å². The van der Waals surface area contributed by atoms with Crippen LogP contribution in [0.15, 0.2) is 12.4 Å². The summed E-state index contributed by atoms with van der Waals surface area (Å²) in [6, 6.07) is 0. The van der Waals surface area contributed by atoms with E-state index in [2.05, 4.69) is 17.3 Å². The minimum absolute atomic E-state index is 0.323. The highest BCUT2D eigenvalue weighted by Gasteiger charge is 2.05. The molecule has 0 spiro atoms. The van der Waals surface area contributed by atoms with Crippen LogP contribution in [0.1, 0.15) is 12.5 Å². The predicted octanol–water partition coefficient (Wildman–Crippen LogP) is -0.0849. The lowest BCUT2D eigenvalue weighted by Gasteiger charge is -2.16. The predicted molar refractivity (Wildman–Crippen MR) is 64.2 cm³/mol. The Kier molecular flexibility index (Phi) is 5.45. The molecule has 0 fully saturated rings. The van der Waals surface area contributed by atoms with Crippen LogP contribution in [0.2, 0.25) is 0 Å². The summed E-state index contributed by atoms with van der Waals surface area (Å²) < 4.78 is 1.90. The van der Waals surface area contributed by atoms with Crippen molar-refractivity contribution in [2.24, 2.45) is 0 Å². The number of nitrogens with one attached hydrogen (secondary N) is 1. The molecule has 92 valence electrons. The Hall–Kier alpha value is -0.910. The summed E-state index contributed by atoms with van der Waals surface area (Å²) in [5.41, 5.74) is 1.15. The number of aliphatic hydroxyl groups excluding tert-OH is 1. The quantitative estimate of drug-likeness (QED) is 0.682. The molecule has 0 amide bonds. The number of hydrogen-bond donors (Lipinski definition) is 2. The average molecular weight is 226 g/mol. The van der Waals surface area contributed by atoms with Gasteiger partial charge in [0.25, 0.3) is 0 Å². The van der Waals surface area contributed by atoms with Crippen LogP contribution in [0.5, 0.6) is 0 Å². The van der Waals surface area contributed by atoms with E-state index in [1.807, 2.05) is 36.1 Å². The molecular formula is C11H22N4O. The molecule has 1 rings (SSSR count). The lowest BCUT2D eigenvalue weighted by atomic mass is 10.3. The van der Waals surface area contributed by atoms with Crippen LogP contribution in [0.3, 0.4) is 0 Å². The third-order valence-corrected chi connectivity index (χ3v) is 2.30. The molecule has 0 radical (unpaired) electrons. The number of aryl methyl sites for hydroxylation is 1. The highest BCUT2D eigenvalue weighted by atomic mass is 16.3. The Morgan fingerprint density at radius 2 is 2.31 bits per heavy atom. The lowest BCUT2D eigenvalue weighted by molar-refractivity contribution is 0.134. The Morgan fingerprint density at radius 1 is 1.56 bits per heavy atom. The fraction of sp³-hybridized carbons (Fsp3) is 0.727. The number of rotatable bonds is 7. The normalized spacial score (nSPS) is 13.3. The standard InChI is InChI=1S/C11H22N4O/c1-4-15-8-10(6-13-15)5-12-7-11(16)9-14(2)3/h6,8,11-12,16H,4-5,7,9H2,1-3H3. The van der Waals surface area contributed by atoms with E-state index in [4.69, 9.17) is 0 Å². The van der Waals surface area contributed by atoms with Gasteiger partial charge in [-0.2, -0.15) is 5.10 Å². The van der Waals surface area contributed by atoms with Gasteiger partial charge >= 0.3 is 0 Å². The van der Waals surface area contributed by atoms with Gasteiger partial charge in [-0.05, 0) is 21.0 Å². The van der Waals surface area contributed by atoms with E-state index >= 15 is 0 Å². The van der Waals surface area contributed by atoms with Crippen molar-refractivity contribution in [1.29, 1.82) is 0 Å². The summed E-state index contributed by atoms with van der Waals surface area (Å²) in [6.07, 6.45) is 3.55. The van der Waals surface area contributed by atoms with Crippen molar-refractivity contribution in [1.82, 2.24) is 20.0 Å². The first-order valence-electron chi connectivity index (χ1n) is 5.66. The Bertz CT molecular complexity index is 298. The van der Waals surface area contributed by atoms with Gasteiger partial charge in [0, 0.05) is 37.9 Å². The first-order valence-corrected chi connectivity index (χ1v) is 5.66. The van der Waals surface area contributed by atoms with Crippen molar-refractivity contribution >= 4 is 0 Å². The fourth-order valence-corrected chi connectivity index (χ4v) is 1.54. The van der Waals surface area contributed by atoms with Crippen LogP contribution in [-0.4, -0.2) is 53.1 Å². The van der Waals surface area contributed by atoms with E-state index in [1.165, 1.54) is 0 Å². The summed E-state index contributed by atoms with van der Waals surface area (Å²) in [6.45, 7) is 5.00. The van der Waals surface area contributed by atoms with Gasteiger partial charge in [-0.15, -0.1) is 0 Å². The summed E-state index contributed by atoms with van der Waals surface area (Å²) in [7, 11) is 3.91. The fourth-order valence-electron chi connectivity index (χ4n) is 1.54. The van der Waals surface area contributed by atoms with Crippen LogP contribution >= 0.6 is 0 Å². The van der Waals surface area contributed by atoms with Crippen molar-refractivity contribution in [2.45, 2.75) is 26.1 Å². The van der Waals surface area contributed by atoms with Crippen molar-refractivity contribution in [3.63, 3.8) is 0 Å². The zero-order chi connectivity index (χ0) is 12.0. The van der Waals surface area contributed by atoms with Crippen LogP contribution in [-0.2, 0) is 13.1 Å². The second-order valence-corrected chi connectivity index (χ2v) is 4.25. The molecule has 0 saturated heterocycles. The molecule has 0 bridgehead atoms. The number of aromatic nitrogens is 2. The second kappa shape index (κ2) is 6.62. The van der Waals surface area contributed by atoms with Gasteiger partial charge in [-0.3, -0.25) is 4.68 Å². The molecule has 5 nitrogen and oxygen atoms in total. The molecule has 1 aromatic heterocycles. The monoisotopic (exact) mass is 226 g/mol. The van der Waals surface area contributed by atoms with Crippen molar-refractivity contribution in [3.8, 4) is 0 Å². The van der Waals surface area contributed by atoms with E-state index in [1.54, 1.807) is 0 Å². The van der Waals surface area contributed by atoms with E-state index in [-0.39, 0.29) is 6.10 Å². The van der Waals surface area contributed by atoms with E-state index in [0.29, 0.717) is 13.1 Å². The Labute approximate surface area is 97.1 Å². The van der Waals surface area contributed by atoms with E-state index in [9.17, 15) is 5.11 Å². The minimum atomic E-state index is -0.323. The first-order chi connectivity index (χ1) is 7.61. The number of aliphatic hydroxyl groups is 1. The van der Waals surface area contributed by atoms with Crippen LogP contribution < -0.4 is 5.32 Å². The molecule has 1 aromatic rings. The van der Waals surface area contributed by atoms with E-state index in [0.717, 1.165) is 18.7 Å². The second-order valence-electron chi connectivity index (χ2n) is 4.25. The molecule has 1 unspecified atom stereocenters. The van der Waals surface area contributed by atoms with Crippen molar-refractivity contribution < 1.29 is 5.11 Å². The molecule has 0 aliphatic carbocycles. The van der Waals surface area contributed by atoms with Gasteiger partial charge in [-0.25, -0.2) is 0 Å². The van der Waals surface area contributed by atoms with Gasteiger partial charge in [0.2, 0.25) is 0 Å². The number of likely N-dealkylation sites (N-methyl/N-ethyl adjacent to an activating group) is 1. The van der Waals surface area contributed by atoms with Crippen LogP contribution in [0.25, 0.3) is 0 Å². The average Bonchev–Trinajstić information content (AvgIpc) is 2.64. The molecule has 5 heteroatoms. The molecule has 0 aliphatic rings. The van der Waals surface area contributed by atoms with Gasteiger partial charge in [-0.1, -0.05) is 0 Å². The molecule has 1 heterocycles. The van der Waals surface area contributed by atoms with Gasteiger partial charge in [0.05, 0.1) is 12.3 Å². The maximum absolute atomic E-state index is 9.62. The third-order valence-electron chi connectivity index (χ3n) is 2.30. The van der Waals surface area contributed by atoms with Gasteiger partial charge in [0.15, 0.2) is 0 Å². The molecule has 0 aliphatic heterocycles. The zero-order valence-corrected chi connectivity index (χ0v) is 10.3. The zero-order valence-electron chi connectivity index (χ0n) is 10.3. The lowest BCUT2D eigenvalue weighted by Crippen LogP contribution is -2.34. The number of nitrogens with zero attached hydrogens (tertiary/aromatic N) is 3. The van der Waals surface area contributed by atoms with E-state index < -0.39 is 0 Å². The summed E-state index contributed by atoms with van der Waals surface area (Å²) in [5, 5.41) is 17.0. The molecule has 2 N–H and O–H groups in total. The highest BCUT2D eigenvalue weighted by Crippen LogP contribution is 1.96. The topological polar surface area (TPSA) is 53.3 Å². The maximum atomic E-state index is 9.62.